The number of allylic oxidation sites excluding steroid dienone is 12. The molecule has 8 rings (SSSR count). The van der Waals surface area contributed by atoms with Gasteiger partial charge in [-0.05, 0) is 147 Å². The molecular weight excluding hydrogens is 747 g/mol. The van der Waals surface area contributed by atoms with Gasteiger partial charge in [-0.15, -0.1) is 5.73 Å². The zero-order valence-electron chi connectivity index (χ0n) is 35.3. The number of fused-ring (bicyclic) bond motifs is 1. The van der Waals surface area contributed by atoms with Gasteiger partial charge in [0.15, 0.2) is 0 Å². The average Bonchev–Trinajstić information content (AvgIpc) is 3.56. The van der Waals surface area contributed by atoms with Crippen LogP contribution in [0.25, 0.3) is 56.7 Å². The molecule has 0 saturated heterocycles. The SMILES string of the molecule is C=C/C=C\C(=C/C)c1ccc(N(c2ccc(-c3ccc(-c4ccccc4)c(/C=C/C=C\C=C/C)c3)cc2)c2cccc(-c3cccc4c3C(c3ccccc3)=CC=C=C4)c2)cc1. The van der Waals surface area contributed by atoms with Crippen molar-refractivity contribution >= 4 is 40.4 Å². The molecule has 7 aromatic carbocycles. The highest BCUT2D eigenvalue weighted by Crippen LogP contribution is 2.42. The summed E-state index contributed by atoms with van der Waals surface area (Å²) in [5, 5.41) is 0. The minimum atomic E-state index is 1.07. The first-order valence-corrected chi connectivity index (χ1v) is 21.2. The Morgan fingerprint density at radius 2 is 1.21 bits per heavy atom. The van der Waals surface area contributed by atoms with Crippen molar-refractivity contribution in [3.63, 3.8) is 0 Å². The van der Waals surface area contributed by atoms with Crippen LogP contribution >= 0.6 is 0 Å². The largest absolute Gasteiger partial charge is 0.310 e. The van der Waals surface area contributed by atoms with Gasteiger partial charge in [0, 0.05) is 17.1 Å². The first kappa shape index (κ1) is 40.8. The van der Waals surface area contributed by atoms with Crippen LogP contribution in [0, 0.1) is 0 Å². The molecule has 0 radical (unpaired) electrons. The minimum absolute atomic E-state index is 1.07. The van der Waals surface area contributed by atoms with Gasteiger partial charge in [0.1, 0.15) is 0 Å². The third kappa shape index (κ3) is 9.25. The summed E-state index contributed by atoms with van der Waals surface area (Å²) >= 11 is 0. The Labute approximate surface area is 367 Å². The highest BCUT2D eigenvalue weighted by molar-refractivity contribution is 5.95. The topological polar surface area (TPSA) is 3.24 Å². The normalized spacial score (nSPS) is 12.6. The van der Waals surface area contributed by atoms with Crippen molar-refractivity contribution in [3.8, 4) is 33.4 Å². The Kier molecular flexibility index (Phi) is 13.1. The van der Waals surface area contributed by atoms with Crippen molar-refractivity contribution < 1.29 is 0 Å². The summed E-state index contributed by atoms with van der Waals surface area (Å²) in [5.41, 5.74) is 21.7. The lowest BCUT2D eigenvalue weighted by Crippen LogP contribution is -2.10. The number of nitrogens with zero attached hydrogens (tertiary/aromatic N) is 1. The average molecular weight is 796 g/mol. The minimum Gasteiger partial charge on any atom is -0.310 e. The lowest BCUT2D eigenvalue weighted by molar-refractivity contribution is 1.28. The van der Waals surface area contributed by atoms with Crippen LogP contribution < -0.4 is 4.90 Å². The number of hydrogen-bond acceptors (Lipinski definition) is 1. The summed E-state index contributed by atoms with van der Waals surface area (Å²) in [5.74, 6) is 0. The van der Waals surface area contributed by atoms with E-state index in [0.717, 1.165) is 50.5 Å². The van der Waals surface area contributed by atoms with Crippen molar-refractivity contribution in [2.45, 2.75) is 13.8 Å². The maximum absolute atomic E-state index is 3.87. The molecule has 0 N–H and O–H groups in total. The first-order chi connectivity index (χ1) is 30.6. The van der Waals surface area contributed by atoms with Gasteiger partial charge in [0.25, 0.3) is 0 Å². The standard InChI is InChI=1S/C61H49N/c1-4-7-9-10-13-28-53-44-52(38-43-58(53)49-23-14-11-15-24-49)48-36-41-56(42-37-48)62(55-39-34-47(35-40-55)46(6-3)22-8-5-2)57-31-20-30-54(45-57)60-33-21-29-51-27-18-19-32-59(61(51)60)50-25-16-12-17-26-50/h4-17,19-45H,2H2,1,3H3/b7-4-,10-9-,22-8-,28-13+,46-6+. The van der Waals surface area contributed by atoms with E-state index in [1.807, 2.05) is 37.3 Å². The van der Waals surface area contributed by atoms with Crippen molar-refractivity contribution in [2.24, 2.45) is 0 Å². The second-order valence-electron chi connectivity index (χ2n) is 15.0. The maximum Gasteiger partial charge on any atom is 0.0467 e. The molecule has 0 aliphatic heterocycles. The lowest BCUT2D eigenvalue weighted by atomic mass is 9.87. The molecule has 1 nitrogen and oxygen atoms in total. The van der Waals surface area contributed by atoms with E-state index in [1.54, 1.807) is 0 Å². The van der Waals surface area contributed by atoms with E-state index in [1.165, 1.54) is 39.0 Å². The van der Waals surface area contributed by atoms with Gasteiger partial charge in [-0.2, -0.15) is 0 Å². The molecule has 7 aromatic rings. The number of rotatable bonds is 13. The molecule has 0 fully saturated rings. The molecule has 0 saturated carbocycles. The van der Waals surface area contributed by atoms with Crippen molar-refractivity contribution in [3.05, 3.63) is 277 Å². The number of hydrogen-bond donors (Lipinski definition) is 0. The summed E-state index contributed by atoms with van der Waals surface area (Å²) in [6.07, 6.45) is 26.8. The second-order valence-corrected chi connectivity index (χ2v) is 15.0. The van der Waals surface area contributed by atoms with Crippen LogP contribution in [0.1, 0.15) is 41.7 Å². The first-order valence-electron chi connectivity index (χ1n) is 21.2. The van der Waals surface area contributed by atoms with Crippen LogP contribution in [-0.4, -0.2) is 0 Å². The van der Waals surface area contributed by atoms with Gasteiger partial charge in [0.2, 0.25) is 0 Å². The fourth-order valence-electron chi connectivity index (χ4n) is 8.00. The molecule has 298 valence electrons. The molecule has 0 atom stereocenters. The molecule has 0 heterocycles. The number of anilines is 3. The highest BCUT2D eigenvalue weighted by Gasteiger charge is 2.19. The summed E-state index contributed by atoms with van der Waals surface area (Å²) in [4.78, 5) is 2.35. The van der Waals surface area contributed by atoms with Gasteiger partial charge in [0.05, 0.1) is 0 Å². The summed E-state index contributed by atoms with van der Waals surface area (Å²) in [6.45, 7) is 7.97. The van der Waals surface area contributed by atoms with Crippen LogP contribution in [0.2, 0.25) is 0 Å². The lowest BCUT2D eigenvalue weighted by Gasteiger charge is -2.27. The van der Waals surface area contributed by atoms with E-state index < -0.39 is 0 Å². The van der Waals surface area contributed by atoms with Crippen molar-refractivity contribution in [1.82, 2.24) is 0 Å². The molecule has 0 amide bonds. The zero-order valence-corrected chi connectivity index (χ0v) is 35.3. The second kappa shape index (κ2) is 19.9. The van der Waals surface area contributed by atoms with E-state index >= 15 is 0 Å². The number of benzene rings is 7. The fraction of sp³-hybridized carbons (Fsp3) is 0.0328. The van der Waals surface area contributed by atoms with Crippen LogP contribution in [0.5, 0.6) is 0 Å². The Balaban J connectivity index is 1.21. The molecule has 62 heavy (non-hydrogen) atoms. The van der Waals surface area contributed by atoms with Gasteiger partial charge >= 0.3 is 0 Å². The van der Waals surface area contributed by atoms with E-state index in [9.17, 15) is 0 Å². The van der Waals surface area contributed by atoms with Crippen LogP contribution in [-0.2, 0) is 0 Å². The Bertz CT molecular complexity index is 2920. The monoisotopic (exact) mass is 795 g/mol. The summed E-state index contributed by atoms with van der Waals surface area (Å²) < 4.78 is 0. The molecule has 0 unspecified atom stereocenters. The van der Waals surface area contributed by atoms with Crippen molar-refractivity contribution in [2.75, 3.05) is 4.90 Å². The Morgan fingerprint density at radius 1 is 0.532 bits per heavy atom. The van der Waals surface area contributed by atoms with Gasteiger partial charge in [-0.25, -0.2) is 0 Å². The molecule has 0 aromatic heterocycles. The molecule has 1 heteroatoms. The summed E-state index contributed by atoms with van der Waals surface area (Å²) in [6, 6.07) is 61.3. The molecule has 1 aliphatic carbocycles. The third-order valence-electron chi connectivity index (χ3n) is 11.0. The predicted molar refractivity (Wildman–Crippen MR) is 269 cm³/mol. The molecular formula is C61H49N. The summed E-state index contributed by atoms with van der Waals surface area (Å²) in [7, 11) is 0. The quantitative estimate of drug-likeness (QED) is 0.0830. The van der Waals surface area contributed by atoms with E-state index in [0.29, 0.717) is 0 Å². The Morgan fingerprint density at radius 3 is 1.94 bits per heavy atom. The molecule has 1 aliphatic rings. The van der Waals surface area contributed by atoms with Crippen LogP contribution in [0.15, 0.2) is 249 Å². The van der Waals surface area contributed by atoms with Crippen LogP contribution in [0.3, 0.4) is 0 Å². The van der Waals surface area contributed by atoms with E-state index in [4.69, 9.17) is 0 Å². The third-order valence-corrected chi connectivity index (χ3v) is 11.0. The van der Waals surface area contributed by atoms with Crippen molar-refractivity contribution in [1.29, 1.82) is 0 Å². The predicted octanol–water partition coefficient (Wildman–Crippen LogP) is 17.1. The van der Waals surface area contributed by atoms with Gasteiger partial charge < -0.3 is 4.90 Å². The maximum atomic E-state index is 3.87. The highest BCUT2D eigenvalue weighted by atomic mass is 15.1. The molecule has 0 bridgehead atoms. The van der Waals surface area contributed by atoms with E-state index in [-0.39, 0.29) is 0 Å². The van der Waals surface area contributed by atoms with Crippen LogP contribution in [0.4, 0.5) is 17.1 Å². The van der Waals surface area contributed by atoms with Gasteiger partial charge in [-0.3, -0.25) is 0 Å². The smallest absolute Gasteiger partial charge is 0.0467 e. The Hall–Kier alpha value is -7.96. The van der Waals surface area contributed by atoms with Gasteiger partial charge in [-0.1, -0.05) is 195 Å². The zero-order chi connectivity index (χ0) is 42.5. The fourth-order valence-corrected chi connectivity index (χ4v) is 8.00. The molecule has 0 spiro atoms. The van der Waals surface area contributed by atoms with E-state index in [2.05, 4.69) is 243 Å².